The van der Waals surface area contributed by atoms with Crippen LogP contribution in [0.2, 0.25) is 0 Å². The van der Waals surface area contributed by atoms with Crippen molar-refractivity contribution in [3.8, 4) is 0 Å². The number of imidazole rings is 1. The minimum Gasteiger partial charge on any atom is -0.326 e. The van der Waals surface area contributed by atoms with Gasteiger partial charge in [0.05, 0.1) is 47.0 Å². The first-order chi connectivity index (χ1) is 13.9. The molecule has 0 bridgehead atoms. The average Bonchev–Trinajstić information content (AvgIpc) is 3.04. The zero-order valence-corrected chi connectivity index (χ0v) is 16.8. The molecule has 0 atom stereocenters. The molecule has 0 unspecified atom stereocenters. The zero-order valence-electron chi connectivity index (χ0n) is 16.0. The van der Waals surface area contributed by atoms with Gasteiger partial charge in [-0.1, -0.05) is 18.2 Å². The molecule has 0 saturated carbocycles. The van der Waals surface area contributed by atoms with E-state index in [-0.39, 0.29) is 5.69 Å². The Balaban J connectivity index is 1.46. The van der Waals surface area contributed by atoms with E-state index in [1.807, 2.05) is 11.6 Å². The number of piperazine rings is 1. The van der Waals surface area contributed by atoms with Gasteiger partial charge in [0.15, 0.2) is 5.82 Å². The normalized spacial score (nSPS) is 16.3. The first-order valence-electron chi connectivity index (χ1n) is 9.35. The molecule has 0 radical (unpaired) electrons. The Bertz CT molecular complexity index is 1150. The van der Waals surface area contributed by atoms with Crippen LogP contribution in [0.25, 0.3) is 11.0 Å². The Morgan fingerprint density at radius 2 is 1.83 bits per heavy atom. The van der Waals surface area contributed by atoms with Crippen LogP contribution < -0.4 is 4.90 Å². The number of fused-ring (bicyclic) bond motifs is 1. The van der Waals surface area contributed by atoms with E-state index in [1.165, 1.54) is 21.3 Å². The summed E-state index contributed by atoms with van der Waals surface area (Å²) in [5.74, 6) is 0.829. The number of aromatic nitrogens is 2. The van der Waals surface area contributed by atoms with Gasteiger partial charge in [-0.2, -0.15) is 4.31 Å². The van der Waals surface area contributed by atoms with E-state index in [2.05, 4.69) is 4.98 Å². The Labute approximate surface area is 168 Å². The molecule has 1 fully saturated rings. The predicted octanol–water partition coefficient (Wildman–Crippen LogP) is 0.571. The molecule has 0 aliphatic carbocycles. The number of nitrogens with one attached hydrogen (secondary N) is 1. The SMILES string of the molecule is Cn1c(C[NH+]2CCN(S(=O)(=O)c3ccccc3)CC2)nc2cc([N+](=O)[O-])ccc21. The van der Waals surface area contributed by atoms with Crippen molar-refractivity contribution in [2.24, 2.45) is 7.05 Å². The summed E-state index contributed by atoms with van der Waals surface area (Å²) in [6.45, 7) is 2.88. The van der Waals surface area contributed by atoms with Gasteiger partial charge in [0.1, 0.15) is 6.54 Å². The number of nitro benzene ring substituents is 1. The van der Waals surface area contributed by atoms with E-state index < -0.39 is 14.9 Å². The van der Waals surface area contributed by atoms with Crippen molar-refractivity contribution in [3.05, 3.63) is 64.5 Å². The standard InChI is InChI=1S/C19H21N5O4S/c1-21-18-8-7-15(24(25)26)13-17(18)20-19(21)14-22-9-11-23(12-10-22)29(27,28)16-5-3-2-4-6-16/h2-8,13H,9-12,14H2,1H3/p+1. The number of benzene rings is 2. The fourth-order valence-corrected chi connectivity index (χ4v) is 5.16. The van der Waals surface area contributed by atoms with Crippen LogP contribution in [0.5, 0.6) is 0 Å². The van der Waals surface area contributed by atoms with Gasteiger partial charge in [0, 0.05) is 19.2 Å². The zero-order chi connectivity index (χ0) is 20.6. The summed E-state index contributed by atoms with van der Waals surface area (Å²) in [7, 11) is -1.57. The van der Waals surface area contributed by atoms with Gasteiger partial charge in [0.25, 0.3) is 5.69 Å². The third-order valence-electron chi connectivity index (χ3n) is 5.39. The van der Waals surface area contributed by atoms with Crippen LogP contribution in [0.3, 0.4) is 0 Å². The maximum atomic E-state index is 12.8. The van der Waals surface area contributed by atoms with Gasteiger partial charge in [-0.05, 0) is 18.2 Å². The van der Waals surface area contributed by atoms with Crippen LogP contribution in [-0.2, 0) is 23.6 Å². The van der Waals surface area contributed by atoms with Crippen molar-refractivity contribution in [3.63, 3.8) is 0 Å². The molecule has 1 aliphatic rings. The Hall–Kier alpha value is -2.82. The first kappa shape index (κ1) is 19.5. The number of non-ortho nitro benzene ring substituents is 1. The van der Waals surface area contributed by atoms with E-state index in [0.29, 0.717) is 43.1 Å². The molecular formula is C19H22N5O4S+. The van der Waals surface area contributed by atoms with Crippen LogP contribution in [-0.4, -0.2) is 53.4 Å². The van der Waals surface area contributed by atoms with Crippen LogP contribution >= 0.6 is 0 Å². The third-order valence-corrected chi connectivity index (χ3v) is 7.30. The quantitative estimate of drug-likeness (QED) is 0.484. The highest BCUT2D eigenvalue weighted by molar-refractivity contribution is 7.89. The fraction of sp³-hybridized carbons (Fsp3) is 0.316. The summed E-state index contributed by atoms with van der Waals surface area (Å²) in [6, 6.07) is 13.2. The summed E-state index contributed by atoms with van der Waals surface area (Å²) in [5, 5.41) is 11.0. The molecule has 9 nitrogen and oxygen atoms in total. The number of rotatable bonds is 5. The van der Waals surface area contributed by atoms with Crippen molar-refractivity contribution in [1.29, 1.82) is 0 Å². The number of hydrogen-bond acceptors (Lipinski definition) is 5. The van der Waals surface area contributed by atoms with E-state index in [0.717, 1.165) is 11.3 Å². The van der Waals surface area contributed by atoms with E-state index in [1.54, 1.807) is 36.4 Å². The van der Waals surface area contributed by atoms with Crippen LogP contribution in [0.4, 0.5) is 5.69 Å². The molecule has 1 saturated heterocycles. The maximum absolute atomic E-state index is 12.8. The van der Waals surface area contributed by atoms with Gasteiger partial charge in [-0.15, -0.1) is 0 Å². The van der Waals surface area contributed by atoms with Gasteiger partial charge >= 0.3 is 0 Å². The van der Waals surface area contributed by atoms with Crippen molar-refractivity contribution >= 4 is 26.7 Å². The van der Waals surface area contributed by atoms with Crippen molar-refractivity contribution in [2.75, 3.05) is 26.2 Å². The van der Waals surface area contributed by atoms with E-state index in [4.69, 9.17) is 0 Å². The number of quaternary nitrogens is 1. The maximum Gasteiger partial charge on any atom is 0.271 e. The lowest BCUT2D eigenvalue weighted by atomic mass is 10.3. The lowest BCUT2D eigenvalue weighted by Gasteiger charge is -2.31. The number of aryl methyl sites for hydroxylation is 1. The van der Waals surface area contributed by atoms with Crippen molar-refractivity contribution < 1.29 is 18.2 Å². The Morgan fingerprint density at radius 3 is 2.48 bits per heavy atom. The number of hydrogen-bond donors (Lipinski definition) is 1. The fourth-order valence-electron chi connectivity index (χ4n) is 3.69. The molecule has 3 aromatic rings. The molecule has 2 aromatic carbocycles. The molecule has 29 heavy (non-hydrogen) atoms. The summed E-state index contributed by atoms with van der Waals surface area (Å²) < 4.78 is 29.0. The lowest BCUT2D eigenvalue weighted by Crippen LogP contribution is -3.13. The molecule has 10 heteroatoms. The minimum absolute atomic E-state index is 0.0224. The molecule has 1 aliphatic heterocycles. The van der Waals surface area contributed by atoms with Gasteiger partial charge in [-0.3, -0.25) is 10.1 Å². The topological polar surface area (TPSA) is 103 Å². The van der Waals surface area contributed by atoms with Crippen LogP contribution in [0.1, 0.15) is 5.82 Å². The van der Waals surface area contributed by atoms with Crippen molar-refractivity contribution in [2.45, 2.75) is 11.4 Å². The molecule has 0 spiro atoms. The molecule has 2 heterocycles. The van der Waals surface area contributed by atoms with E-state index in [9.17, 15) is 18.5 Å². The summed E-state index contributed by atoms with van der Waals surface area (Å²) >= 11 is 0. The highest BCUT2D eigenvalue weighted by Crippen LogP contribution is 2.21. The highest BCUT2D eigenvalue weighted by Gasteiger charge is 2.30. The summed E-state index contributed by atoms with van der Waals surface area (Å²) in [4.78, 5) is 16.7. The molecule has 152 valence electrons. The predicted molar refractivity (Wildman–Crippen MR) is 107 cm³/mol. The van der Waals surface area contributed by atoms with Crippen molar-refractivity contribution in [1.82, 2.24) is 13.9 Å². The smallest absolute Gasteiger partial charge is 0.271 e. The van der Waals surface area contributed by atoms with Crippen LogP contribution in [0.15, 0.2) is 53.4 Å². The summed E-state index contributed by atoms with van der Waals surface area (Å²) in [5.41, 5.74) is 1.46. The molecule has 1 N–H and O–H groups in total. The van der Waals surface area contributed by atoms with Gasteiger partial charge in [-0.25, -0.2) is 13.4 Å². The number of sulfonamides is 1. The second-order valence-corrected chi connectivity index (χ2v) is 9.10. The second-order valence-electron chi connectivity index (χ2n) is 7.16. The highest BCUT2D eigenvalue weighted by atomic mass is 32.2. The molecule has 0 amide bonds. The molecular weight excluding hydrogens is 394 g/mol. The van der Waals surface area contributed by atoms with E-state index >= 15 is 0 Å². The van der Waals surface area contributed by atoms with Gasteiger partial charge in [0.2, 0.25) is 10.0 Å². The Kier molecular flexibility index (Phi) is 5.07. The first-order valence-corrected chi connectivity index (χ1v) is 10.8. The monoisotopic (exact) mass is 416 g/mol. The lowest BCUT2D eigenvalue weighted by molar-refractivity contribution is -0.918. The molecule has 4 rings (SSSR count). The van der Waals surface area contributed by atoms with Gasteiger partial charge < -0.3 is 9.47 Å². The minimum atomic E-state index is -3.46. The number of nitro groups is 1. The summed E-state index contributed by atoms with van der Waals surface area (Å²) in [6.07, 6.45) is 0. The average molecular weight is 416 g/mol. The third kappa shape index (κ3) is 3.74. The molecule has 1 aromatic heterocycles. The Morgan fingerprint density at radius 1 is 1.14 bits per heavy atom. The van der Waals surface area contributed by atoms with Crippen LogP contribution in [0, 0.1) is 10.1 Å². The second kappa shape index (κ2) is 7.54. The number of nitrogens with zero attached hydrogens (tertiary/aromatic N) is 4. The largest absolute Gasteiger partial charge is 0.326 e.